The summed E-state index contributed by atoms with van der Waals surface area (Å²) in [7, 11) is 1.68. The molecule has 19 heavy (non-hydrogen) atoms. The van der Waals surface area contributed by atoms with Crippen LogP contribution in [-0.2, 0) is 11.3 Å². The molecule has 102 valence electrons. The Hall–Kier alpha value is -2.18. The lowest BCUT2D eigenvalue weighted by Gasteiger charge is -2.24. The van der Waals surface area contributed by atoms with Gasteiger partial charge in [0.15, 0.2) is 5.65 Å². The van der Waals surface area contributed by atoms with E-state index in [1.807, 2.05) is 32.9 Å². The predicted molar refractivity (Wildman–Crippen MR) is 68.5 cm³/mol. The molecule has 0 aromatic carbocycles. The van der Waals surface area contributed by atoms with Crippen molar-refractivity contribution in [3.63, 3.8) is 0 Å². The third-order valence-corrected chi connectivity index (χ3v) is 2.40. The van der Waals surface area contributed by atoms with Gasteiger partial charge in [-0.15, -0.1) is 5.10 Å². The molecule has 2 heterocycles. The van der Waals surface area contributed by atoms with Crippen molar-refractivity contribution in [1.82, 2.24) is 24.9 Å². The lowest BCUT2D eigenvalue weighted by molar-refractivity contribution is 0.0282. The molecule has 0 N–H and O–H groups in total. The average Bonchev–Trinajstić information content (AvgIpc) is 2.75. The van der Waals surface area contributed by atoms with E-state index in [0.29, 0.717) is 12.2 Å². The lowest BCUT2D eigenvalue weighted by Crippen LogP contribution is -2.34. The van der Waals surface area contributed by atoms with Crippen molar-refractivity contribution in [3.8, 4) is 0 Å². The molecule has 0 atom stereocenters. The van der Waals surface area contributed by atoms with E-state index in [9.17, 15) is 4.79 Å². The third-order valence-electron chi connectivity index (χ3n) is 2.40. The summed E-state index contributed by atoms with van der Waals surface area (Å²) in [5, 5.41) is 11.3. The molecule has 0 unspecified atom stereocenters. The van der Waals surface area contributed by atoms with Crippen LogP contribution in [0.2, 0.25) is 0 Å². The number of ether oxygens (including phenoxy) is 1. The maximum absolute atomic E-state index is 11.9. The molecule has 1 amide bonds. The van der Waals surface area contributed by atoms with Gasteiger partial charge in [-0.05, 0) is 43.3 Å². The number of hydrogen-bond donors (Lipinski definition) is 0. The summed E-state index contributed by atoms with van der Waals surface area (Å²) >= 11 is 0. The number of carbonyl (C=O) groups excluding carboxylic acids is 1. The van der Waals surface area contributed by atoms with Crippen molar-refractivity contribution >= 4 is 11.7 Å². The van der Waals surface area contributed by atoms with Crippen molar-refractivity contribution in [3.05, 3.63) is 23.9 Å². The number of fused-ring (bicyclic) bond motifs is 1. The quantitative estimate of drug-likeness (QED) is 0.820. The van der Waals surface area contributed by atoms with Crippen LogP contribution >= 0.6 is 0 Å². The molecule has 0 fully saturated rings. The van der Waals surface area contributed by atoms with Gasteiger partial charge in [-0.3, -0.25) is 0 Å². The number of carbonyl (C=O) groups is 1. The Kier molecular flexibility index (Phi) is 3.37. The molecule has 0 saturated heterocycles. The summed E-state index contributed by atoms with van der Waals surface area (Å²) in [5.41, 5.74) is 0.956. The van der Waals surface area contributed by atoms with Crippen LogP contribution in [-0.4, -0.2) is 43.7 Å². The van der Waals surface area contributed by atoms with E-state index >= 15 is 0 Å². The monoisotopic (exact) mass is 263 g/mol. The normalized spacial score (nSPS) is 11.6. The molecular formula is C12H17N5O2. The summed E-state index contributed by atoms with van der Waals surface area (Å²) in [6.45, 7) is 5.87. The van der Waals surface area contributed by atoms with Crippen LogP contribution in [0.15, 0.2) is 18.2 Å². The van der Waals surface area contributed by atoms with Crippen LogP contribution in [0, 0.1) is 0 Å². The number of tetrazole rings is 1. The minimum absolute atomic E-state index is 0.372. The first kappa shape index (κ1) is 13.3. The minimum atomic E-state index is -0.508. The first-order valence-corrected chi connectivity index (χ1v) is 5.97. The molecular weight excluding hydrogens is 246 g/mol. The Bertz CT molecular complexity index is 587. The summed E-state index contributed by atoms with van der Waals surface area (Å²) in [6.07, 6.45) is -0.377. The Labute approximate surface area is 111 Å². The van der Waals surface area contributed by atoms with Crippen molar-refractivity contribution in [2.45, 2.75) is 32.9 Å². The Morgan fingerprint density at radius 3 is 2.84 bits per heavy atom. The van der Waals surface area contributed by atoms with Gasteiger partial charge in [0.05, 0.1) is 12.2 Å². The van der Waals surface area contributed by atoms with Crippen LogP contribution in [0.5, 0.6) is 0 Å². The van der Waals surface area contributed by atoms with E-state index in [4.69, 9.17) is 4.74 Å². The zero-order valence-electron chi connectivity index (χ0n) is 11.5. The second-order valence-corrected chi connectivity index (χ2v) is 5.30. The number of aromatic nitrogens is 4. The van der Waals surface area contributed by atoms with Gasteiger partial charge < -0.3 is 9.64 Å². The molecule has 7 nitrogen and oxygen atoms in total. The molecule has 2 aromatic rings. The average molecular weight is 263 g/mol. The van der Waals surface area contributed by atoms with Crippen molar-refractivity contribution in [2.24, 2.45) is 0 Å². The zero-order chi connectivity index (χ0) is 14.0. The first-order chi connectivity index (χ1) is 8.87. The van der Waals surface area contributed by atoms with Gasteiger partial charge in [-0.2, -0.15) is 4.52 Å². The Morgan fingerprint density at radius 2 is 2.16 bits per heavy atom. The van der Waals surface area contributed by atoms with E-state index in [1.165, 1.54) is 4.90 Å². The topological polar surface area (TPSA) is 72.6 Å². The highest BCUT2D eigenvalue weighted by molar-refractivity contribution is 5.67. The maximum Gasteiger partial charge on any atom is 0.410 e. The lowest BCUT2D eigenvalue weighted by atomic mass is 10.2. The van der Waals surface area contributed by atoms with E-state index in [0.717, 1.165) is 5.69 Å². The van der Waals surface area contributed by atoms with Crippen LogP contribution in [0.25, 0.3) is 5.65 Å². The Balaban J connectivity index is 2.12. The van der Waals surface area contributed by atoms with Gasteiger partial charge >= 0.3 is 6.09 Å². The van der Waals surface area contributed by atoms with Crippen molar-refractivity contribution in [2.75, 3.05) is 7.05 Å². The summed E-state index contributed by atoms with van der Waals surface area (Å²) in [6, 6.07) is 5.52. The number of rotatable bonds is 2. The Morgan fingerprint density at radius 1 is 1.42 bits per heavy atom. The highest BCUT2D eigenvalue weighted by atomic mass is 16.6. The molecule has 0 spiro atoms. The van der Waals surface area contributed by atoms with Gasteiger partial charge in [0.2, 0.25) is 0 Å². The van der Waals surface area contributed by atoms with E-state index in [-0.39, 0.29) is 6.09 Å². The number of amides is 1. The molecule has 0 aliphatic heterocycles. The van der Waals surface area contributed by atoms with E-state index < -0.39 is 5.60 Å². The largest absolute Gasteiger partial charge is 0.444 e. The molecule has 0 aliphatic rings. The SMILES string of the molecule is CN(Cc1cccc2nnnn12)C(=O)OC(C)(C)C. The van der Waals surface area contributed by atoms with Gasteiger partial charge in [-0.1, -0.05) is 6.07 Å². The number of nitrogens with zero attached hydrogens (tertiary/aromatic N) is 5. The van der Waals surface area contributed by atoms with Crippen LogP contribution in [0.3, 0.4) is 0 Å². The van der Waals surface area contributed by atoms with Gasteiger partial charge in [0, 0.05) is 7.05 Å². The predicted octanol–water partition coefficient (Wildman–Crippen LogP) is 1.49. The number of pyridine rings is 1. The molecule has 0 aliphatic carbocycles. The van der Waals surface area contributed by atoms with Crippen LogP contribution < -0.4 is 0 Å². The fraction of sp³-hybridized carbons (Fsp3) is 0.500. The second kappa shape index (κ2) is 4.83. The molecule has 0 radical (unpaired) electrons. The van der Waals surface area contributed by atoms with Crippen LogP contribution in [0.1, 0.15) is 26.5 Å². The fourth-order valence-corrected chi connectivity index (χ4v) is 1.59. The van der Waals surface area contributed by atoms with Crippen LogP contribution in [0.4, 0.5) is 4.79 Å². The summed E-state index contributed by atoms with van der Waals surface area (Å²) in [4.78, 5) is 13.4. The fourth-order valence-electron chi connectivity index (χ4n) is 1.59. The second-order valence-electron chi connectivity index (χ2n) is 5.30. The highest BCUT2D eigenvalue weighted by Crippen LogP contribution is 2.11. The zero-order valence-corrected chi connectivity index (χ0v) is 11.5. The van der Waals surface area contributed by atoms with Gasteiger partial charge in [0.1, 0.15) is 5.60 Å². The summed E-state index contributed by atoms with van der Waals surface area (Å²) in [5.74, 6) is 0. The molecule has 2 aromatic heterocycles. The van der Waals surface area contributed by atoms with E-state index in [1.54, 1.807) is 17.6 Å². The minimum Gasteiger partial charge on any atom is -0.444 e. The third kappa shape index (κ3) is 3.18. The highest BCUT2D eigenvalue weighted by Gasteiger charge is 2.20. The molecule has 0 bridgehead atoms. The van der Waals surface area contributed by atoms with Gasteiger partial charge in [0.25, 0.3) is 0 Å². The van der Waals surface area contributed by atoms with E-state index in [2.05, 4.69) is 15.5 Å². The van der Waals surface area contributed by atoms with Crippen molar-refractivity contribution in [1.29, 1.82) is 0 Å². The standard InChI is InChI=1S/C12H17N5O2/c1-12(2,3)19-11(18)16(4)8-9-6-5-7-10-13-14-15-17(9)10/h5-7H,8H2,1-4H3. The molecule has 7 heteroatoms. The maximum atomic E-state index is 11.9. The first-order valence-electron chi connectivity index (χ1n) is 5.97. The van der Waals surface area contributed by atoms with Gasteiger partial charge in [-0.25, -0.2) is 4.79 Å². The smallest absolute Gasteiger partial charge is 0.410 e. The molecule has 0 saturated carbocycles. The molecule has 2 rings (SSSR count). The summed E-state index contributed by atoms with van der Waals surface area (Å²) < 4.78 is 6.89. The number of hydrogen-bond acceptors (Lipinski definition) is 5. The van der Waals surface area contributed by atoms with Crippen molar-refractivity contribution < 1.29 is 9.53 Å².